The summed E-state index contributed by atoms with van der Waals surface area (Å²) in [5.74, 6) is 1.61. The molecule has 2 atom stereocenters. The zero-order valence-corrected chi connectivity index (χ0v) is 36.7. The number of benzene rings is 3. The number of carbonyl (C=O) groups excluding carboxylic acids is 2. The third-order valence-electron chi connectivity index (χ3n) is 10.7. The summed E-state index contributed by atoms with van der Waals surface area (Å²) < 4.78 is 20.0. The molecule has 0 aliphatic carbocycles. The third kappa shape index (κ3) is 9.66. The number of H-pyrrole nitrogens is 1. The van der Waals surface area contributed by atoms with E-state index in [2.05, 4.69) is 89.9 Å². The number of likely N-dealkylation sites (tertiary alicyclic amines) is 2. The average molecular weight is 805 g/mol. The molecule has 58 heavy (non-hydrogen) atoms. The van der Waals surface area contributed by atoms with Crippen LogP contribution in [-0.4, -0.2) is 80.5 Å². The molecule has 12 heteroatoms. The molecule has 0 unspecified atom stereocenters. The third-order valence-corrected chi connectivity index (χ3v) is 12.4. The van der Waals surface area contributed by atoms with E-state index >= 15 is 0 Å². The number of nitrogens with one attached hydrogen (secondary N) is 1. The van der Waals surface area contributed by atoms with Gasteiger partial charge in [0.2, 0.25) is 0 Å². The minimum Gasteiger partial charge on any atom is -0.444 e. The molecule has 11 nitrogen and oxygen atoms in total. The lowest BCUT2D eigenvalue weighted by Crippen LogP contribution is -2.37. The first-order valence-corrected chi connectivity index (χ1v) is 24.5. The monoisotopic (exact) mass is 804 g/mol. The Labute approximate surface area is 344 Å². The van der Waals surface area contributed by atoms with E-state index in [1.165, 1.54) is 0 Å². The fourth-order valence-electron chi connectivity index (χ4n) is 7.79. The Morgan fingerprint density at radius 1 is 0.759 bits per heavy atom. The van der Waals surface area contributed by atoms with Gasteiger partial charge in [0.15, 0.2) is 0 Å². The Bertz CT molecular complexity index is 2240. The summed E-state index contributed by atoms with van der Waals surface area (Å²) in [5.41, 5.74) is 4.98. The van der Waals surface area contributed by atoms with E-state index in [-0.39, 0.29) is 24.3 Å². The van der Waals surface area contributed by atoms with Crippen LogP contribution >= 0.6 is 0 Å². The Morgan fingerprint density at radius 2 is 1.31 bits per heavy atom. The fraction of sp³-hybridized carbons (Fsp3) is 0.478. The first-order valence-electron chi connectivity index (χ1n) is 20.8. The smallest absolute Gasteiger partial charge is 0.410 e. The number of aromatic amines is 1. The highest BCUT2D eigenvalue weighted by molar-refractivity contribution is 6.76. The van der Waals surface area contributed by atoms with Crippen LogP contribution in [0.5, 0.6) is 0 Å². The van der Waals surface area contributed by atoms with E-state index in [9.17, 15) is 9.59 Å². The Balaban J connectivity index is 1.10. The van der Waals surface area contributed by atoms with Crippen molar-refractivity contribution in [1.29, 1.82) is 0 Å². The van der Waals surface area contributed by atoms with Crippen LogP contribution in [0, 0.1) is 0 Å². The standard InChI is InChI=1S/C46H60N6O5Si/c1-45(2,3)56-43(53)50-22-10-12-38(50)41-47-28-37(49-41)32-16-14-31(15-17-32)33-18-19-35-27-36(21-20-34(35)26-33)40-29-48-42(52(40)30-55-24-25-58(7,8)9)39-13-11-23-51(39)44(54)57-46(4,5)6/h14-21,26-29,38-39H,10-13,22-25,30H2,1-9H3,(H,47,49)/t38-,39-/m0/s1. The molecule has 2 fully saturated rings. The fourth-order valence-corrected chi connectivity index (χ4v) is 8.55. The predicted octanol–water partition coefficient (Wildman–Crippen LogP) is 11.2. The molecule has 0 saturated carbocycles. The van der Waals surface area contributed by atoms with Crippen molar-refractivity contribution in [3.8, 4) is 33.6 Å². The van der Waals surface area contributed by atoms with Gasteiger partial charge >= 0.3 is 12.2 Å². The molecular weight excluding hydrogens is 745 g/mol. The van der Waals surface area contributed by atoms with E-state index in [4.69, 9.17) is 24.2 Å². The summed E-state index contributed by atoms with van der Waals surface area (Å²) in [6.07, 6.45) is 6.73. The molecule has 3 aromatic carbocycles. The maximum atomic E-state index is 13.3. The summed E-state index contributed by atoms with van der Waals surface area (Å²) in [7, 11) is -1.28. The van der Waals surface area contributed by atoms with Crippen molar-refractivity contribution in [3.05, 3.63) is 84.7 Å². The van der Waals surface area contributed by atoms with Crippen LogP contribution in [0.4, 0.5) is 9.59 Å². The van der Waals surface area contributed by atoms with Crippen molar-refractivity contribution < 1.29 is 23.8 Å². The molecule has 0 bridgehead atoms. The maximum absolute atomic E-state index is 13.3. The van der Waals surface area contributed by atoms with E-state index in [0.29, 0.717) is 26.4 Å². The van der Waals surface area contributed by atoms with Crippen LogP contribution in [0.15, 0.2) is 73.1 Å². The molecule has 1 N–H and O–H groups in total. The van der Waals surface area contributed by atoms with Crippen LogP contribution in [0.1, 0.15) is 91.0 Å². The Hall–Kier alpha value is -4.94. The van der Waals surface area contributed by atoms with Crippen LogP contribution in [0.25, 0.3) is 44.4 Å². The number of aromatic nitrogens is 4. The number of fused-ring (bicyclic) bond motifs is 1. The molecule has 308 valence electrons. The van der Waals surface area contributed by atoms with Gasteiger partial charge in [-0.3, -0.25) is 9.80 Å². The second-order valence-corrected chi connectivity index (χ2v) is 24.6. The molecule has 0 radical (unpaired) electrons. The second kappa shape index (κ2) is 16.4. The van der Waals surface area contributed by atoms with Crippen LogP contribution in [-0.2, 0) is 20.9 Å². The summed E-state index contributed by atoms with van der Waals surface area (Å²) in [6.45, 7) is 20.8. The molecule has 4 heterocycles. The molecule has 2 aliphatic heterocycles. The van der Waals surface area contributed by atoms with Crippen molar-refractivity contribution >= 4 is 31.0 Å². The molecule has 2 amide bonds. The van der Waals surface area contributed by atoms with Crippen LogP contribution < -0.4 is 0 Å². The van der Waals surface area contributed by atoms with E-state index in [1.807, 2.05) is 58.8 Å². The predicted molar refractivity (Wildman–Crippen MR) is 232 cm³/mol. The zero-order valence-electron chi connectivity index (χ0n) is 35.7. The van der Waals surface area contributed by atoms with Crippen molar-refractivity contribution in [2.45, 2.75) is 123 Å². The lowest BCUT2D eigenvalue weighted by atomic mass is 9.98. The molecule has 2 aromatic heterocycles. The number of carbonyl (C=O) groups is 2. The SMILES string of the molecule is CC(C)(C)OC(=O)N1CCC[C@H]1c1nc(-c2ccc(-c3ccc4cc(-c5cnc([C@@H]6CCCN6C(=O)OC(C)(C)C)n5COCC[Si](C)(C)C)ccc4c3)cc2)c[nH]1. The van der Waals surface area contributed by atoms with Crippen molar-refractivity contribution in [2.75, 3.05) is 19.7 Å². The number of ether oxygens (including phenoxy) is 3. The number of amides is 2. The Morgan fingerprint density at radius 3 is 1.93 bits per heavy atom. The van der Waals surface area contributed by atoms with Crippen molar-refractivity contribution in [3.63, 3.8) is 0 Å². The van der Waals surface area contributed by atoms with Gasteiger partial charge in [-0.25, -0.2) is 19.6 Å². The summed E-state index contributed by atoms with van der Waals surface area (Å²) >= 11 is 0. The van der Waals surface area contributed by atoms with Gasteiger partial charge in [0.25, 0.3) is 0 Å². The highest BCUT2D eigenvalue weighted by Gasteiger charge is 2.37. The lowest BCUT2D eigenvalue weighted by molar-refractivity contribution is 0.0199. The molecule has 2 saturated heterocycles. The van der Waals surface area contributed by atoms with E-state index in [0.717, 1.165) is 87.8 Å². The van der Waals surface area contributed by atoms with E-state index < -0.39 is 19.3 Å². The second-order valence-electron chi connectivity index (χ2n) is 19.0. The number of hydrogen-bond donors (Lipinski definition) is 1. The number of imidazole rings is 2. The van der Waals surface area contributed by atoms with Crippen molar-refractivity contribution in [2.24, 2.45) is 0 Å². The van der Waals surface area contributed by atoms with Gasteiger partial charge in [0.1, 0.15) is 29.6 Å². The minimum absolute atomic E-state index is 0.126. The lowest BCUT2D eigenvalue weighted by Gasteiger charge is -2.29. The van der Waals surface area contributed by atoms with Gasteiger partial charge in [0.05, 0.1) is 29.7 Å². The number of rotatable bonds is 10. The highest BCUT2D eigenvalue weighted by Crippen LogP contribution is 2.37. The molecular formula is C46H60N6O5Si. The largest absolute Gasteiger partial charge is 0.444 e. The Kier molecular flexibility index (Phi) is 11.6. The van der Waals surface area contributed by atoms with Gasteiger partial charge in [-0.05, 0) is 107 Å². The minimum atomic E-state index is -1.28. The van der Waals surface area contributed by atoms with Gasteiger partial charge < -0.3 is 23.8 Å². The zero-order chi connectivity index (χ0) is 41.4. The van der Waals surface area contributed by atoms with Crippen molar-refractivity contribution in [1.82, 2.24) is 29.3 Å². The number of hydrogen-bond acceptors (Lipinski definition) is 7. The first-order chi connectivity index (χ1) is 27.4. The summed E-state index contributed by atoms with van der Waals surface area (Å²) in [5, 5.41) is 2.26. The highest BCUT2D eigenvalue weighted by atomic mass is 28.3. The molecule has 7 rings (SSSR count). The maximum Gasteiger partial charge on any atom is 0.410 e. The van der Waals surface area contributed by atoms with E-state index in [1.54, 1.807) is 4.90 Å². The normalized spacial score (nSPS) is 17.7. The van der Waals surface area contributed by atoms with Gasteiger partial charge in [-0.2, -0.15) is 0 Å². The summed E-state index contributed by atoms with van der Waals surface area (Å²) in [4.78, 5) is 43.0. The first kappa shape index (κ1) is 41.2. The average Bonchev–Trinajstić information content (AvgIpc) is 3.98. The van der Waals surface area contributed by atoms with Gasteiger partial charge in [0, 0.05) is 45.1 Å². The van der Waals surface area contributed by atoms with Crippen LogP contribution in [0.3, 0.4) is 0 Å². The van der Waals surface area contributed by atoms with Gasteiger partial charge in [-0.1, -0.05) is 68.2 Å². The summed E-state index contributed by atoms with van der Waals surface area (Å²) in [6, 6.07) is 22.3. The topological polar surface area (TPSA) is 115 Å². The molecule has 0 spiro atoms. The van der Waals surface area contributed by atoms with Gasteiger partial charge in [-0.15, -0.1) is 0 Å². The molecule has 2 aliphatic rings. The quantitative estimate of drug-likeness (QED) is 0.110. The molecule has 5 aromatic rings. The van der Waals surface area contributed by atoms with Crippen LogP contribution in [0.2, 0.25) is 25.7 Å². The number of nitrogens with zero attached hydrogens (tertiary/aromatic N) is 5.